The molecule has 6 rings (SSSR count). The van der Waals surface area contributed by atoms with Gasteiger partial charge in [0.25, 0.3) is 0 Å². The lowest BCUT2D eigenvalue weighted by molar-refractivity contribution is 0.628. The van der Waals surface area contributed by atoms with Crippen LogP contribution in [-0.2, 0) is 0 Å². The minimum Gasteiger partial charge on any atom is -0.376 e. The summed E-state index contributed by atoms with van der Waals surface area (Å²) >= 11 is 0. The fraction of sp³-hybridized carbons (Fsp3) is 0.0741. The Morgan fingerprint density at radius 1 is 0.853 bits per heavy atom. The van der Waals surface area contributed by atoms with Crippen molar-refractivity contribution in [3.63, 3.8) is 0 Å². The lowest BCUT2D eigenvalue weighted by atomic mass is 10.0. The van der Waals surface area contributed by atoms with Crippen LogP contribution < -0.4 is 4.90 Å². The van der Waals surface area contributed by atoms with E-state index in [1.807, 2.05) is 55.7 Å². The molecule has 2 aromatic carbocycles. The Hall–Kier alpha value is -4.52. The Labute approximate surface area is 195 Å². The van der Waals surface area contributed by atoms with Gasteiger partial charge in [0.2, 0.25) is 0 Å². The SMILES string of the molecule is CN(C)c1cncc(-c2ccc3[nH]nc(-c4cc5c(-c6cccc(F)c6)ccnc5[nH]4)c3c2)c1. The second-order valence-electron chi connectivity index (χ2n) is 8.47. The first-order valence-electron chi connectivity index (χ1n) is 10.9. The number of aromatic nitrogens is 5. The smallest absolute Gasteiger partial charge is 0.138 e. The van der Waals surface area contributed by atoms with Crippen LogP contribution in [0.15, 0.2) is 79.3 Å². The van der Waals surface area contributed by atoms with E-state index < -0.39 is 0 Å². The van der Waals surface area contributed by atoms with Crippen molar-refractivity contribution in [3.05, 3.63) is 85.1 Å². The molecule has 0 atom stereocenters. The Kier molecular flexibility index (Phi) is 4.62. The van der Waals surface area contributed by atoms with Crippen molar-refractivity contribution in [2.75, 3.05) is 19.0 Å². The van der Waals surface area contributed by atoms with Crippen molar-refractivity contribution in [2.45, 2.75) is 0 Å². The fourth-order valence-corrected chi connectivity index (χ4v) is 4.29. The minimum absolute atomic E-state index is 0.267. The maximum Gasteiger partial charge on any atom is 0.138 e. The number of halogens is 1. The van der Waals surface area contributed by atoms with Gasteiger partial charge < -0.3 is 9.88 Å². The minimum atomic E-state index is -0.267. The normalized spacial score (nSPS) is 11.4. The highest BCUT2D eigenvalue weighted by Crippen LogP contribution is 2.35. The van der Waals surface area contributed by atoms with Crippen LogP contribution in [0, 0.1) is 5.82 Å². The van der Waals surface area contributed by atoms with Crippen LogP contribution in [0.2, 0.25) is 0 Å². The molecule has 0 fully saturated rings. The molecule has 6 nitrogen and oxygen atoms in total. The van der Waals surface area contributed by atoms with Crippen molar-refractivity contribution in [3.8, 4) is 33.6 Å². The molecule has 6 aromatic rings. The van der Waals surface area contributed by atoms with Crippen LogP contribution in [0.25, 0.3) is 55.6 Å². The highest BCUT2D eigenvalue weighted by atomic mass is 19.1. The molecule has 4 heterocycles. The highest BCUT2D eigenvalue weighted by Gasteiger charge is 2.15. The van der Waals surface area contributed by atoms with Gasteiger partial charge in [0.1, 0.15) is 17.2 Å². The van der Waals surface area contributed by atoms with Crippen molar-refractivity contribution >= 4 is 27.6 Å². The lowest BCUT2D eigenvalue weighted by Gasteiger charge is -2.13. The molecule has 7 heteroatoms. The molecule has 0 aliphatic heterocycles. The zero-order valence-corrected chi connectivity index (χ0v) is 18.7. The summed E-state index contributed by atoms with van der Waals surface area (Å²) in [5.74, 6) is -0.267. The van der Waals surface area contributed by atoms with Crippen molar-refractivity contribution < 1.29 is 4.39 Å². The molecule has 0 spiro atoms. The van der Waals surface area contributed by atoms with E-state index in [4.69, 9.17) is 0 Å². The molecule has 0 radical (unpaired) electrons. The van der Waals surface area contributed by atoms with Crippen molar-refractivity contribution in [1.29, 1.82) is 0 Å². The van der Waals surface area contributed by atoms with Gasteiger partial charge in [0, 0.05) is 42.8 Å². The second-order valence-corrected chi connectivity index (χ2v) is 8.47. The molecule has 0 aliphatic carbocycles. The predicted octanol–water partition coefficient (Wildman–Crippen LogP) is 6.04. The molecule has 2 N–H and O–H groups in total. The number of rotatable bonds is 4. The number of nitrogens with zero attached hydrogens (tertiary/aromatic N) is 4. The molecule has 4 aromatic heterocycles. The van der Waals surface area contributed by atoms with Crippen LogP contribution in [0.4, 0.5) is 10.1 Å². The molecule has 0 aliphatic rings. The van der Waals surface area contributed by atoms with E-state index >= 15 is 0 Å². The largest absolute Gasteiger partial charge is 0.376 e. The first-order chi connectivity index (χ1) is 16.6. The van der Waals surface area contributed by atoms with Gasteiger partial charge in [-0.05, 0) is 59.2 Å². The topological polar surface area (TPSA) is 73.5 Å². The standard InChI is InChI=1S/C27H21FN6/c1-34(2)20-11-18(14-29-15-20)16-6-7-24-23(12-16)26(33-32-24)25-13-22-21(8-9-30-27(22)31-25)17-4-3-5-19(28)10-17/h3-15H,1-2H3,(H,30,31)(H,32,33). The van der Waals surface area contributed by atoms with Gasteiger partial charge in [-0.15, -0.1) is 0 Å². The molecular formula is C27H21FN6. The summed E-state index contributed by atoms with van der Waals surface area (Å²) in [6.07, 6.45) is 5.44. The quantitative estimate of drug-likeness (QED) is 0.345. The van der Waals surface area contributed by atoms with Gasteiger partial charge in [-0.2, -0.15) is 5.10 Å². The average molecular weight is 449 g/mol. The summed E-state index contributed by atoms with van der Waals surface area (Å²) < 4.78 is 13.9. The van der Waals surface area contributed by atoms with E-state index in [0.29, 0.717) is 0 Å². The van der Waals surface area contributed by atoms with Gasteiger partial charge >= 0.3 is 0 Å². The summed E-state index contributed by atoms with van der Waals surface area (Å²) in [6, 6.07) is 18.9. The molecule has 0 unspecified atom stereocenters. The molecule has 0 bridgehead atoms. The number of aromatic amines is 2. The lowest BCUT2D eigenvalue weighted by Crippen LogP contribution is -2.08. The third-order valence-corrected chi connectivity index (χ3v) is 6.06. The predicted molar refractivity (Wildman–Crippen MR) is 134 cm³/mol. The molecule has 0 saturated carbocycles. The zero-order valence-electron chi connectivity index (χ0n) is 18.7. The van der Waals surface area contributed by atoms with Gasteiger partial charge in [0.15, 0.2) is 0 Å². The van der Waals surface area contributed by atoms with E-state index in [9.17, 15) is 4.39 Å². The summed E-state index contributed by atoms with van der Waals surface area (Å²) in [6.45, 7) is 0. The molecule has 0 amide bonds. The summed E-state index contributed by atoms with van der Waals surface area (Å²) in [5.41, 5.74) is 8.16. The monoisotopic (exact) mass is 448 g/mol. The number of H-pyrrole nitrogens is 2. The molecule has 0 saturated heterocycles. The van der Waals surface area contributed by atoms with Crippen LogP contribution in [0.1, 0.15) is 0 Å². The average Bonchev–Trinajstić information content (AvgIpc) is 3.47. The van der Waals surface area contributed by atoms with Gasteiger partial charge in [-0.25, -0.2) is 9.37 Å². The summed E-state index contributed by atoms with van der Waals surface area (Å²) in [5, 5.41) is 9.63. The van der Waals surface area contributed by atoms with Gasteiger partial charge in [-0.1, -0.05) is 18.2 Å². The number of fused-ring (bicyclic) bond motifs is 2. The Balaban J connectivity index is 1.48. The van der Waals surface area contributed by atoms with E-state index in [-0.39, 0.29) is 5.82 Å². The van der Waals surface area contributed by atoms with Crippen LogP contribution in [0.5, 0.6) is 0 Å². The van der Waals surface area contributed by atoms with Gasteiger partial charge in [0.05, 0.1) is 23.1 Å². The Morgan fingerprint density at radius 3 is 2.62 bits per heavy atom. The summed E-state index contributed by atoms with van der Waals surface area (Å²) in [7, 11) is 4.00. The van der Waals surface area contributed by atoms with E-state index in [2.05, 4.69) is 43.3 Å². The van der Waals surface area contributed by atoms with E-state index in [0.717, 1.165) is 61.3 Å². The molecule has 34 heavy (non-hydrogen) atoms. The van der Waals surface area contributed by atoms with Crippen molar-refractivity contribution in [2.24, 2.45) is 0 Å². The molecular weight excluding hydrogens is 427 g/mol. The van der Waals surface area contributed by atoms with Crippen LogP contribution >= 0.6 is 0 Å². The number of anilines is 1. The van der Waals surface area contributed by atoms with Crippen molar-refractivity contribution in [1.82, 2.24) is 25.1 Å². The maximum absolute atomic E-state index is 13.9. The highest BCUT2D eigenvalue weighted by molar-refractivity contribution is 6.00. The first-order valence-corrected chi connectivity index (χ1v) is 10.9. The summed E-state index contributed by atoms with van der Waals surface area (Å²) in [4.78, 5) is 14.3. The van der Waals surface area contributed by atoms with Crippen LogP contribution in [-0.4, -0.2) is 39.2 Å². The Bertz CT molecular complexity index is 1660. The maximum atomic E-state index is 13.9. The fourth-order valence-electron chi connectivity index (χ4n) is 4.29. The number of hydrogen-bond donors (Lipinski definition) is 2. The number of hydrogen-bond acceptors (Lipinski definition) is 4. The molecule has 166 valence electrons. The van der Waals surface area contributed by atoms with E-state index in [1.54, 1.807) is 12.3 Å². The van der Waals surface area contributed by atoms with Crippen LogP contribution in [0.3, 0.4) is 0 Å². The third-order valence-electron chi connectivity index (χ3n) is 6.06. The van der Waals surface area contributed by atoms with E-state index in [1.165, 1.54) is 12.1 Å². The first kappa shape index (κ1) is 20.1. The van der Waals surface area contributed by atoms with Gasteiger partial charge in [-0.3, -0.25) is 10.1 Å². The second kappa shape index (κ2) is 7.81. The Morgan fingerprint density at radius 2 is 1.76 bits per heavy atom. The zero-order chi connectivity index (χ0) is 23.2. The number of nitrogens with one attached hydrogen (secondary N) is 2. The number of benzene rings is 2. The number of pyridine rings is 2. The third kappa shape index (κ3) is 3.38.